The topological polar surface area (TPSA) is 59.7 Å². The molecule has 0 unspecified atom stereocenters. The van der Waals surface area contributed by atoms with Gasteiger partial charge in [-0.25, -0.2) is 0 Å². The molecule has 0 fully saturated rings. The number of aliphatic hydroxyl groups is 1. The molecule has 1 N–H and O–H groups in total. The molecule has 0 aliphatic heterocycles. The average Bonchev–Trinajstić information content (AvgIpc) is 2.81. The Morgan fingerprint density at radius 1 is 1.24 bits per heavy atom. The highest BCUT2D eigenvalue weighted by Gasteiger charge is 2.08. The molecule has 0 radical (unpaired) electrons. The second-order valence-electron chi connectivity index (χ2n) is 3.73. The molecule has 2 heterocycles. The van der Waals surface area contributed by atoms with Gasteiger partial charge in [-0.15, -0.1) is 10.2 Å². The van der Waals surface area contributed by atoms with Crippen molar-refractivity contribution >= 4 is 16.6 Å². The SMILES string of the molecule is COc1ccc2c(ccc3nnc(CO)n32)c1. The van der Waals surface area contributed by atoms with Crippen molar-refractivity contribution in [1.82, 2.24) is 14.6 Å². The lowest BCUT2D eigenvalue weighted by Gasteiger charge is -2.05. The summed E-state index contributed by atoms with van der Waals surface area (Å²) in [6, 6.07) is 9.58. The normalized spacial score (nSPS) is 11.2. The van der Waals surface area contributed by atoms with Gasteiger partial charge in [-0.1, -0.05) is 0 Å². The first-order valence-corrected chi connectivity index (χ1v) is 5.25. The van der Waals surface area contributed by atoms with E-state index in [1.807, 2.05) is 34.7 Å². The van der Waals surface area contributed by atoms with Gasteiger partial charge in [-0.05, 0) is 30.3 Å². The highest BCUT2D eigenvalue weighted by atomic mass is 16.5. The van der Waals surface area contributed by atoms with Crippen LogP contribution in [0.25, 0.3) is 16.6 Å². The molecule has 5 heteroatoms. The lowest BCUT2D eigenvalue weighted by molar-refractivity contribution is 0.270. The Morgan fingerprint density at radius 3 is 2.88 bits per heavy atom. The monoisotopic (exact) mass is 229 g/mol. The van der Waals surface area contributed by atoms with Crippen molar-refractivity contribution in [2.45, 2.75) is 6.61 Å². The molecule has 17 heavy (non-hydrogen) atoms. The Hall–Kier alpha value is -2.14. The van der Waals surface area contributed by atoms with E-state index in [0.717, 1.165) is 22.3 Å². The number of nitrogens with zero attached hydrogens (tertiary/aromatic N) is 3. The minimum atomic E-state index is -0.133. The summed E-state index contributed by atoms with van der Waals surface area (Å²) in [5.41, 5.74) is 1.68. The van der Waals surface area contributed by atoms with Crippen LogP contribution in [0.1, 0.15) is 5.82 Å². The molecule has 0 bridgehead atoms. The molecule has 3 aromatic rings. The van der Waals surface area contributed by atoms with Gasteiger partial charge in [0.2, 0.25) is 0 Å². The minimum absolute atomic E-state index is 0.133. The van der Waals surface area contributed by atoms with Crippen LogP contribution in [0.2, 0.25) is 0 Å². The Kier molecular flexibility index (Phi) is 2.19. The molecule has 0 aliphatic carbocycles. The van der Waals surface area contributed by atoms with Gasteiger partial charge in [0.25, 0.3) is 0 Å². The molecule has 2 aromatic heterocycles. The number of hydrogen-bond donors (Lipinski definition) is 1. The lowest BCUT2D eigenvalue weighted by atomic mass is 10.2. The molecule has 0 aliphatic rings. The zero-order valence-electron chi connectivity index (χ0n) is 9.29. The van der Waals surface area contributed by atoms with E-state index in [0.29, 0.717) is 5.82 Å². The maximum absolute atomic E-state index is 9.24. The van der Waals surface area contributed by atoms with Crippen LogP contribution in [0.3, 0.4) is 0 Å². The molecule has 3 rings (SSSR count). The van der Waals surface area contributed by atoms with Crippen molar-refractivity contribution < 1.29 is 9.84 Å². The molecule has 86 valence electrons. The molecule has 0 atom stereocenters. The second kappa shape index (κ2) is 3.71. The third-order valence-corrected chi connectivity index (χ3v) is 2.78. The van der Waals surface area contributed by atoms with Crippen LogP contribution in [0.4, 0.5) is 0 Å². The van der Waals surface area contributed by atoms with Crippen LogP contribution in [-0.4, -0.2) is 26.8 Å². The molecule has 0 amide bonds. The third-order valence-electron chi connectivity index (χ3n) is 2.78. The number of methoxy groups -OCH3 is 1. The van der Waals surface area contributed by atoms with Gasteiger partial charge >= 0.3 is 0 Å². The van der Waals surface area contributed by atoms with E-state index in [1.165, 1.54) is 0 Å². The fourth-order valence-electron chi connectivity index (χ4n) is 1.96. The molecule has 5 nitrogen and oxygen atoms in total. The molecular formula is C12H11N3O2. The summed E-state index contributed by atoms with van der Waals surface area (Å²) in [6.45, 7) is -0.133. The number of aliphatic hydroxyl groups excluding tert-OH is 1. The zero-order chi connectivity index (χ0) is 11.8. The predicted octanol–water partition coefficient (Wildman–Crippen LogP) is 1.38. The van der Waals surface area contributed by atoms with Crippen molar-refractivity contribution in [1.29, 1.82) is 0 Å². The van der Waals surface area contributed by atoms with Crippen molar-refractivity contribution in [3.05, 3.63) is 36.2 Å². The largest absolute Gasteiger partial charge is 0.497 e. The first kappa shape index (κ1) is 10.0. The fourth-order valence-corrected chi connectivity index (χ4v) is 1.96. The summed E-state index contributed by atoms with van der Waals surface area (Å²) < 4.78 is 7.02. The maximum atomic E-state index is 9.24. The van der Waals surface area contributed by atoms with Crippen LogP contribution < -0.4 is 4.74 Å². The van der Waals surface area contributed by atoms with Gasteiger partial charge in [0.15, 0.2) is 11.5 Å². The van der Waals surface area contributed by atoms with Gasteiger partial charge in [-0.2, -0.15) is 0 Å². The number of fused-ring (bicyclic) bond motifs is 3. The van der Waals surface area contributed by atoms with Crippen LogP contribution in [0.15, 0.2) is 30.3 Å². The minimum Gasteiger partial charge on any atom is -0.497 e. The quantitative estimate of drug-likeness (QED) is 0.721. The Morgan fingerprint density at radius 2 is 2.12 bits per heavy atom. The summed E-state index contributed by atoms with van der Waals surface area (Å²) in [5, 5.41) is 18.2. The summed E-state index contributed by atoms with van der Waals surface area (Å²) in [6.07, 6.45) is 0. The van der Waals surface area contributed by atoms with E-state index in [4.69, 9.17) is 4.74 Å². The van der Waals surface area contributed by atoms with E-state index in [2.05, 4.69) is 10.2 Å². The third kappa shape index (κ3) is 1.43. The van der Waals surface area contributed by atoms with Crippen molar-refractivity contribution in [2.24, 2.45) is 0 Å². The van der Waals surface area contributed by atoms with Crippen LogP contribution in [0, 0.1) is 0 Å². The standard InChI is InChI=1S/C12H11N3O2/c1-17-9-3-4-10-8(6-9)2-5-11-13-14-12(7-16)15(10)11/h2-6,16H,7H2,1H3. The van der Waals surface area contributed by atoms with Gasteiger partial charge in [-0.3, -0.25) is 4.40 Å². The highest BCUT2D eigenvalue weighted by molar-refractivity contribution is 5.83. The summed E-state index contributed by atoms with van der Waals surface area (Å²) in [4.78, 5) is 0. The average molecular weight is 229 g/mol. The van der Waals surface area contributed by atoms with Crippen LogP contribution >= 0.6 is 0 Å². The molecule has 0 spiro atoms. The van der Waals surface area contributed by atoms with E-state index in [9.17, 15) is 5.11 Å². The van der Waals surface area contributed by atoms with Gasteiger partial charge in [0, 0.05) is 5.39 Å². The zero-order valence-corrected chi connectivity index (χ0v) is 9.29. The van der Waals surface area contributed by atoms with E-state index >= 15 is 0 Å². The number of benzene rings is 1. The first-order valence-electron chi connectivity index (χ1n) is 5.25. The molecule has 1 aromatic carbocycles. The highest BCUT2D eigenvalue weighted by Crippen LogP contribution is 2.22. The summed E-state index contributed by atoms with van der Waals surface area (Å²) in [5.74, 6) is 1.34. The fraction of sp³-hybridized carbons (Fsp3) is 0.167. The number of pyridine rings is 1. The molecular weight excluding hydrogens is 218 g/mol. The maximum Gasteiger partial charge on any atom is 0.163 e. The smallest absolute Gasteiger partial charge is 0.163 e. The van der Waals surface area contributed by atoms with E-state index in [1.54, 1.807) is 7.11 Å². The lowest BCUT2D eigenvalue weighted by Crippen LogP contribution is -1.96. The van der Waals surface area contributed by atoms with Gasteiger partial charge in [0.05, 0.1) is 12.6 Å². The number of aromatic nitrogens is 3. The number of ether oxygens (including phenoxy) is 1. The van der Waals surface area contributed by atoms with E-state index < -0.39 is 0 Å². The van der Waals surface area contributed by atoms with Crippen LogP contribution in [0.5, 0.6) is 5.75 Å². The van der Waals surface area contributed by atoms with Crippen molar-refractivity contribution in [3.8, 4) is 5.75 Å². The number of rotatable bonds is 2. The summed E-state index contributed by atoms with van der Waals surface area (Å²) >= 11 is 0. The second-order valence-corrected chi connectivity index (χ2v) is 3.73. The van der Waals surface area contributed by atoms with Crippen LogP contribution in [-0.2, 0) is 6.61 Å². The van der Waals surface area contributed by atoms with Gasteiger partial charge < -0.3 is 9.84 Å². The first-order chi connectivity index (χ1) is 8.33. The number of hydrogen-bond acceptors (Lipinski definition) is 4. The van der Waals surface area contributed by atoms with E-state index in [-0.39, 0.29) is 6.61 Å². The summed E-state index contributed by atoms with van der Waals surface area (Å²) in [7, 11) is 1.64. The predicted molar refractivity (Wildman–Crippen MR) is 63.0 cm³/mol. The Bertz CT molecular complexity index is 691. The Balaban J connectivity index is 2.42. The van der Waals surface area contributed by atoms with Crippen molar-refractivity contribution in [3.63, 3.8) is 0 Å². The van der Waals surface area contributed by atoms with Crippen molar-refractivity contribution in [2.75, 3.05) is 7.11 Å². The van der Waals surface area contributed by atoms with Gasteiger partial charge in [0.1, 0.15) is 12.4 Å². The Labute approximate surface area is 97.3 Å². The molecule has 0 saturated heterocycles. The molecule has 0 saturated carbocycles.